The second kappa shape index (κ2) is 6.62. The van der Waals surface area contributed by atoms with Crippen molar-refractivity contribution in [1.29, 1.82) is 5.41 Å². The zero-order valence-corrected chi connectivity index (χ0v) is 14.5. The molecule has 0 radical (unpaired) electrons. The number of rotatable bonds is 4. The molecule has 0 atom stereocenters. The highest BCUT2D eigenvalue weighted by molar-refractivity contribution is 8.03. The van der Waals surface area contributed by atoms with Crippen molar-refractivity contribution >= 4 is 25.5 Å². The van der Waals surface area contributed by atoms with E-state index in [4.69, 9.17) is 5.41 Å². The summed E-state index contributed by atoms with van der Waals surface area (Å²) in [7, 11) is -9.14. The first-order chi connectivity index (χ1) is 11.1. The lowest BCUT2D eigenvalue weighted by Gasteiger charge is -2.09. The van der Waals surface area contributed by atoms with Gasteiger partial charge in [-0.25, -0.2) is 0 Å². The maximum atomic E-state index is 12.0. The van der Waals surface area contributed by atoms with E-state index in [2.05, 4.69) is 8.37 Å². The van der Waals surface area contributed by atoms with E-state index in [0.29, 0.717) is 0 Å². The molecule has 0 heterocycles. The smallest absolute Gasteiger partial charge is 0.376 e. The van der Waals surface area contributed by atoms with Gasteiger partial charge in [0.05, 0.1) is 0 Å². The van der Waals surface area contributed by atoms with Crippen molar-refractivity contribution in [3.8, 4) is 5.75 Å². The van der Waals surface area contributed by atoms with E-state index in [1.807, 2.05) is 0 Å². The van der Waals surface area contributed by atoms with Crippen LogP contribution in [0.3, 0.4) is 0 Å². The van der Waals surface area contributed by atoms with E-state index in [1.165, 1.54) is 36.4 Å². The molecule has 0 aliphatic carbocycles. The lowest BCUT2D eigenvalue weighted by molar-refractivity contribution is 0.460. The highest BCUT2D eigenvalue weighted by Crippen LogP contribution is 2.18. The molecule has 1 N–H and O–H groups in total. The topological polar surface area (TPSA) is 111 Å². The third-order valence-electron chi connectivity index (χ3n) is 2.95. The molecule has 7 nitrogen and oxygen atoms in total. The molecule has 0 unspecified atom stereocenters. The minimum atomic E-state index is -4.69. The van der Waals surface area contributed by atoms with Crippen molar-refractivity contribution in [2.45, 2.75) is 18.7 Å². The Balaban J connectivity index is 2.18. The van der Waals surface area contributed by atoms with Gasteiger partial charge in [-0.05, 0) is 38.1 Å². The molecule has 9 heteroatoms. The second-order valence-corrected chi connectivity index (χ2v) is 7.98. The molecule has 0 aliphatic rings. The lowest BCUT2D eigenvalue weighted by atomic mass is 10.2. The molecule has 0 aliphatic heterocycles. The van der Waals surface area contributed by atoms with Crippen LogP contribution in [0.1, 0.15) is 11.1 Å². The third kappa shape index (κ3) is 4.33. The van der Waals surface area contributed by atoms with Crippen molar-refractivity contribution in [3.63, 3.8) is 0 Å². The number of benzene rings is 2. The SMILES string of the molecule is Cc1ccc(OS(=O)(=O)C(=N)OS(=O)(=O)c2ccc(C)cc2)cc1. The molecule has 2 aromatic carbocycles. The second-order valence-electron chi connectivity index (χ2n) is 4.99. The molecule has 0 fully saturated rings. The van der Waals surface area contributed by atoms with Crippen molar-refractivity contribution < 1.29 is 25.2 Å². The Morgan fingerprint density at radius 1 is 0.833 bits per heavy atom. The van der Waals surface area contributed by atoms with E-state index in [0.717, 1.165) is 11.1 Å². The summed E-state index contributed by atoms with van der Waals surface area (Å²) < 4.78 is 56.9. The highest BCUT2D eigenvalue weighted by atomic mass is 32.2. The van der Waals surface area contributed by atoms with Crippen molar-refractivity contribution in [2.24, 2.45) is 0 Å². The molecule has 0 saturated heterocycles. The Morgan fingerprint density at radius 2 is 1.29 bits per heavy atom. The fourth-order valence-electron chi connectivity index (χ4n) is 1.65. The first-order valence-corrected chi connectivity index (χ1v) is 9.53. The van der Waals surface area contributed by atoms with E-state index in [9.17, 15) is 16.8 Å². The van der Waals surface area contributed by atoms with Gasteiger partial charge in [0.1, 0.15) is 10.6 Å². The number of hydrogen-bond donors (Lipinski definition) is 1. The van der Waals surface area contributed by atoms with Gasteiger partial charge in [-0.1, -0.05) is 35.4 Å². The molecule has 2 rings (SSSR count). The highest BCUT2D eigenvalue weighted by Gasteiger charge is 2.29. The summed E-state index contributed by atoms with van der Waals surface area (Å²) in [4.78, 5) is -0.261. The average Bonchev–Trinajstić information content (AvgIpc) is 2.49. The van der Waals surface area contributed by atoms with Gasteiger partial charge >= 0.3 is 25.5 Å². The molecule has 0 amide bonds. The van der Waals surface area contributed by atoms with E-state index in [-0.39, 0.29) is 10.6 Å². The predicted octanol–water partition coefficient (Wildman–Crippen LogP) is 2.35. The zero-order chi connectivity index (χ0) is 18.0. The molecule has 0 saturated carbocycles. The van der Waals surface area contributed by atoms with Gasteiger partial charge in [0.15, 0.2) is 0 Å². The van der Waals surface area contributed by atoms with Crippen LogP contribution in [0.2, 0.25) is 0 Å². The van der Waals surface area contributed by atoms with Gasteiger partial charge in [0.2, 0.25) is 0 Å². The van der Waals surface area contributed by atoms with Crippen LogP contribution in [0.4, 0.5) is 0 Å². The minimum absolute atomic E-state index is 0.0540. The van der Waals surface area contributed by atoms with Gasteiger partial charge in [0, 0.05) is 0 Å². The van der Waals surface area contributed by atoms with Gasteiger partial charge in [0.25, 0.3) is 0 Å². The molecule has 0 bridgehead atoms. The van der Waals surface area contributed by atoms with Gasteiger partial charge in [-0.15, -0.1) is 0 Å². The van der Waals surface area contributed by atoms with Crippen LogP contribution in [0.15, 0.2) is 53.4 Å². The molecule has 0 spiro atoms. The monoisotopic (exact) mass is 369 g/mol. The minimum Gasteiger partial charge on any atom is -0.376 e. The molecular weight excluding hydrogens is 354 g/mol. The molecule has 0 aromatic heterocycles. The Bertz CT molecular complexity index is 946. The van der Waals surface area contributed by atoms with Crippen LogP contribution < -0.4 is 4.18 Å². The van der Waals surface area contributed by atoms with E-state index in [1.54, 1.807) is 26.0 Å². The van der Waals surface area contributed by atoms with Gasteiger partial charge < -0.3 is 8.37 Å². The summed E-state index contributed by atoms with van der Waals surface area (Å²) in [6, 6.07) is 11.5. The van der Waals surface area contributed by atoms with Gasteiger partial charge in [-0.2, -0.15) is 16.8 Å². The summed E-state index contributed by atoms with van der Waals surface area (Å²) in [6.45, 7) is 3.57. The Labute approximate surface area is 140 Å². The Morgan fingerprint density at radius 3 is 1.79 bits per heavy atom. The predicted molar refractivity (Wildman–Crippen MR) is 87.9 cm³/mol. The van der Waals surface area contributed by atoms with Crippen LogP contribution in [-0.2, 0) is 24.4 Å². The summed E-state index contributed by atoms with van der Waals surface area (Å²) >= 11 is 0. The average molecular weight is 369 g/mol. The van der Waals surface area contributed by atoms with Crippen LogP contribution in [0.5, 0.6) is 5.75 Å². The number of nitrogens with one attached hydrogen (secondary N) is 1. The maximum Gasteiger partial charge on any atom is 0.392 e. The fourth-order valence-corrected chi connectivity index (χ4v) is 3.46. The largest absolute Gasteiger partial charge is 0.392 e. The molecular formula is C15H15NO6S2. The number of hydrogen-bond acceptors (Lipinski definition) is 7. The van der Waals surface area contributed by atoms with E-state index < -0.39 is 25.5 Å². The summed E-state index contributed by atoms with van der Waals surface area (Å²) in [6.07, 6.45) is 0. The van der Waals surface area contributed by atoms with E-state index >= 15 is 0 Å². The normalized spacial score (nSPS) is 11.8. The Kier molecular flexibility index (Phi) is 4.95. The van der Waals surface area contributed by atoms with Crippen molar-refractivity contribution in [3.05, 3.63) is 59.7 Å². The maximum absolute atomic E-state index is 12.0. The van der Waals surface area contributed by atoms with Gasteiger partial charge in [-0.3, -0.25) is 5.41 Å². The van der Waals surface area contributed by atoms with Crippen LogP contribution in [0.25, 0.3) is 0 Å². The van der Waals surface area contributed by atoms with Crippen molar-refractivity contribution in [2.75, 3.05) is 0 Å². The first-order valence-electron chi connectivity index (χ1n) is 6.71. The molecule has 24 heavy (non-hydrogen) atoms. The fraction of sp³-hybridized carbons (Fsp3) is 0.133. The quantitative estimate of drug-likeness (QED) is 0.503. The third-order valence-corrected chi connectivity index (χ3v) is 5.24. The Hall–Kier alpha value is -2.39. The van der Waals surface area contributed by atoms with Crippen molar-refractivity contribution in [1.82, 2.24) is 0 Å². The summed E-state index contributed by atoms with van der Waals surface area (Å²) in [5, 5.41) is 5.91. The lowest BCUT2D eigenvalue weighted by Crippen LogP contribution is -2.25. The summed E-state index contributed by atoms with van der Waals surface area (Å²) in [5.74, 6) is -0.0540. The van der Waals surface area contributed by atoms with Crippen LogP contribution >= 0.6 is 0 Å². The first kappa shape index (κ1) is 18.0. The molecule has 2 aromatic rings. The zero-order valence-electron chi connectivity index (χ0n) is 12.9. The standard InChI is InChI=1S/C15H15NO6S2/c1-11-3-7-13(8-4-11)21-24(19,20)15(16)22-23(17,18)14-9-5-12(2)6-10-14/h3-10,16H,1-2H3. The summed E-state index contributed by atoms with van der Waals surface area (Å²) in [5.41, 5.74) is 1.70. The molecule has 128 valence electrons. The van der Waals surface area contributed by atoms with Crippen LogP contribution in [-0.4, -0.2) is 22.1 Å². The van der Waals surface area contributed by atoms with Crippen LogP contribution in [0, 0.1) is 19.3 Å². The number of aryl methyl sites for hydroxylation is 2.